The molecule has 20 heavy (non-hydrogen) atoms. The Balaban J connectivity index is 2.05. The van der Waals surface area contributed by atoms with Crippen LogP contribution in [0.4, 0.5) is 0 Å². The summed E-state index contributed by atoms with van der Waals surface area (Å²) in [5.74, 6) is 0.0495. The van der Waals surface area contributed by atoms with Crippen LogP contribution in [-0.2, 0) is 4.79 Å². The molecule has 1 aromatic carbocycles. The molecule has 1 unspecified atom stereocenters. The molecule has 0 saturated carbocycles. The first-order valence-electron chi connectivity index (χ1n) is 6.35. The number of likely N-dealkylation sites (N-methyl/N-ethyl adjacent to an activating group) is 1. The van der Waals surface area contributed by atoms with Crippen LogP contribution in [0.25, 0.3) is 5.69 Å². The summed E-state index contributed by atoms with van der Waals surface area (Å²) in [6.07, 6.45) is 1.55. The first-order chi connectivity index (χ1) is 9.58. The Morgan fingerprint density at radius 2 is 2.25 bits per heavy atom. The van der Waals surface area contributed by atoms with Gasteiger partial charge >= 0.3 is 0 Å². The van der Waals surface area contributed by atoms with E-state index < -0.39 is 0 Å². The van der Waals surface area contributed by atoms with Crippen molar-refractivity contribution in [2.24, 2.45) is 0 Å². The summed E-state index contributed by atoms with van der Waals surface area (Å²) < 4.78 is 1.60. The van der Waals surface area contributed by atoms with Crippen LogP contribution in [0.3, 0.4) is 0 Å². The van der Waals surface area contributed by atoms with E-state index in [4.69, 9.17) is 0 Å². The largest absolute Gasteiger partial charge is 0.348 e. The predicted molar refractivity (Wildman–Crippen MR) is 74.3 cm³/mol. The summed E-state index contributed by atoms with van der Waals surface area (Å²) in [6, 6.07) is 7.94. The minimum atomic E-state index is 0.0495. The highest BCUT2D eigenvalue weighted by Gasteiger charge is 2.10. The number of hydrogen-bond donors (Lipinski definition) is 1. The maximum atomic E-state index is 11.6. The van der Waals surface area contributed by atoms with Gasteiger partial charge in [0.05, 0.1) is 12.2 Å². The smallest absolute Gasteiger partial charge is 0.236 e. The zero-order valence-corrected chi connectivity index (χ0v) is 11.8. The van der Waals surface area contributed by atoms with Gasteiger partial charge < -0.3 is 10.2 Å². The number of nitrogens with zero attached hydrogens (tertiary/aromatic N) is 5. The van der Waals surface area contributed by atoms with Crippen LogP contribution >= 0.6 is 0 Å². The summed E-state index contributed by atoms with van der Waals surface area (Å²) >= 11 is 0. The van der Waals surface area contributed by atoms with Gasteiger partial charge in [-0.05, 0) is 35.0 Å². The molecule has 1 heterocycles. The molecular formula is C13H18N6O. The van der Waals surface area contributed by atoms with Crippen molar-refractivity contribution in [2.45, 2.75) is 13.0 Å². The molecule has 2 rings (SSSR count). The molecule has 7 nitrogen and oxygen atoms in total. The summed E-state index contributed by atoms with van der Waals surface area (Å²) in [5, 5.41) is 14.3. The maximum absolute atomic E-state index is 11.6. The van der Waals surface area contributed by atoms with Crippen LogP contribution in [0, 0.1) is 0 Å². The number of carbonyl (C=O) groups is 1. The molecule has 0 radical (unpaired) electrons. The first kappa shape index (κ1) is 14.1. The highest BCUT2D eigenvalue weighted by Crippen LogP contribution is 2.15. The fourth-order valence-electron chi connectivity index (χ4n) is 1.73. The summed E-state index contributed by atoms with van der Waals surface area (Å²) in [4.78, 5) is 13.1. The Bertz CT molecular complexity index is 566. The van der Waals surface area contributed by atoms with Gasteiger partial charge in [0, 0.05) is 20.1 Å². The molecule has 7 heteroatoms. The lowest BCUT2D eigenvalue weighted by Crippen LogP contribution is -2.34. The van der Waals surface area contributed by atoms with Gasteiger partial charge in [0.1, 0.15) is 6.33 Å². The summed E-state index contributed by atoms with van der Waals surface area (Å²) in [5.41, 5.74) is 1.96. The van der Waals surface area contributed by atoms with Crippen molar-refractivity contribution in [2.75, 3.05) is 20.6 Å². The van der Waals surface area contributed by atoms with Gasteiger partial charge in [-0.15, -0.1) is 5.10 Å². The fraction of sp³-hybridized carbons (Fsp3) is 0.385. The quantitative estimate of drug-likeness (QED) is 0.854. The molecule has 1 amide bonds. The Kier molecular flexibility index (Phi) is 4.41. The first-order valence-corrected chi connectivity index (χ1v) is 6.35. The predicted octanol–water partition coefficient (Wildman–Crippen LogP) is 0.401. The average Bonchev–Trinajstić information content (AvgIpc) is 2.98. The van der Waals surface area contributed by atoms with Crippen LogP contribution in [0.15, 0.2) is 30.6 Å². The van der Waals surface area contributed by atoms with E-state index >= 15 is 0 Å². The topological polar surface area (TPSA) is 75.9 Å². The van der Waals surface area contributed by atoms with Gasteiger partial charge in [-0.3, -0.25) is 4.79 Å². The van der Waals surface area contributed by atoms with Gasteiger partial charge in [0.25, 0.3) is 0 Å². The van der Waals surface area contributed by atoms with E-state index in [0.29, 0.717) is 6.54 Å². The second kappa shape index (κ2) is 6.25. The van der Waals surface area contributed by atoms with Crippen molar-refractivity contribution in [1.82, 2.24) is 30.4 Å². The maximum Gasteiger partial charge on any atom is 0.236 e. The second-order valence-electron chi connectivity index (χ2n) is 4.74. The molecule has 1 aromatic heterocycles. The Morgan fingerprint density at radius 3 is 2.90 bits per heavy atom. The van der Waals surface area contributed by atoms with E-state index in [1.165, 1.54) is 0 Å². The van der Waals surface area contributed by atoms with Crippen LogP contribution < -0.4 is 5.32 Å². The third-order valence-electron chi connectivity index (χ3n) is 3.04. The van der Waals surface area contributed by atoms with E-state index in [-0.39, 0.29) is 11.9 Å². The molecule has 0 spiro atoms. The molecule has 0 aliphatic heterocycles. The third-order valence-corrected chi connectivity index (χ3v) is 3.04. The van der Waals surface area contributed by atoms with E-state index in [1.54, 1.807) is 30.0 Å². The fourth-order valence-corrected chi connectivity index (χ4v) is 1.73. The van der Waals surface area contributed by atoms with E-state index in [2.05, 4.69) is 20.8 Å². The molecule has 0 aliphatic rings. The van der Waals surface area contributed by atoms with Crippen LogP contribution in [0.5, 0.6) is 0 Å². The normalized spacial score (nSPS) is 12.2. The zero-order valence-electron chi connectivity index (χ0n) is 11.8. The molecule has 0 saturated heterocycles. The summed E-state index contributed by atoms with van der Waals surface area (Å²) in [7, 11) is 3.49. The van der Waals surface area contributed by atoms with Crippen LogP contribution in [-0.4, -0.2) is 51.7 Å². The molecule has 0 bridgehead atoms. The lowest BCUT2D eigenvalue weighted by atomic mass is 10.1. The van der Waals surface area contributed by atoms with Crippen molar-refractivity contribution in [1.29, 1.82) is 0 Å². The highest BCUT2D eigenvalue weighted by molar-refractivity contribution is 5.77. The van der Waals surface area contributed by atoms with Crippen molar-refractivity contribution in [3.8, 4) is 5.69 Å². The van der Waals surface area contributed by atoms with Crippen molar-refractivity contribution in [3.05, 3.63) is 36.2 Å². The summed E-state index contributed by atoms with van der Waals surface area (Å²) in [6.45, 7) is 2.32. The number of nitrogens with one attached hydrogen (secondary N) is 1. The van der Waals surface area contributed by atoms with Gasteiger partial charge in [-0.25, -0.2) is 4.68 Å². The Hall–Kier alpha value is -2.28. The number of aromatic nitrogens is 4. The molecule has 1 atom stereocenters. The second-order valence-corrected chi connectivity index (χ2v) is 4.74. The van der Waals surface area contributed by atoms with Gasteiger partial charge in [-0.1, -0.05) is 12.1 Å². The molecule has 1 N–H and O–H groups in total. The number of tetrazole rings is 1. The molecule has 0 aliphatic carbocycles. The monoisotopic (exact) mass is 274 g/mol. The van der Waals surface area contributed by atoms with Gasteiger partial charge in [0.2, 0.25) is 5.91 Å². The highest BCUT2D eigenvalue weighted by atomic mass is 16.2. The van der Waals surface area contributed by atoms with E-state index in [1.807, 2.05) is 31.2 Å². The number of hydrogen-bond acceptors (Lipinski definition) is 5. The van der Waals surface area contributed by atoms with Gasteiger partial charge in [-0.2, -0.15) is 0 Å². The molecule has 106 valence electrons. The van der Waals surface area contributed by atoms with Crippen LogP contribution in [0.2, 0.25) is 0 Å². The number of benzene rings is 1. The van der Waals surface area contributed by atoms with E-state index in [9.17, 15) is 4.79 Å². The van der Waals surface area contributed by atoms with Crippen molar-refractivity contribution in [3.63, 3.8) is 0 Å². The minimum absolute atomic E-state index is 0.0495. The SMILES string of the molecule is CC(NCC(=O)N(C)C)c1cccc(-n2cnnn2)c1. The van der Waals surface area contributed by atoms with Crippen LogP contribution in [0.1, 0.15) is 18.5 Å². The number of amides is 1. The number of carbonyl (C=O) groups excluding carboxylic acids is 1. The number of rotatable bonds is 5. The van der Waals surface area contributed by atoms with Gasteiger partial charge in [0.15, 0.2) is 0 Å². The average molecular weight is 274 g/mol. The third kappa shape index (κ3) is 3.39. The lowest BCUT2D eigenvalue weighted by molar-refractivity contribution is -0.127. The Morgan fingerprint density at radius 1 is 1.45 bits per heavy atom. The molecular weight excluding hydrogens is 256 g/mol. The minimum Gasteiger partial charge on any atom is -0.348 e. The lowest BCUT2D eigenvalue weighted by Gasteiger charge is -2.17. The van der Waals surface area contributed by atoms with E-state index in [0.717, 1.165) is 11.3 Å². The molecule has 2 aromatic rings. The van der Waals surface area contributed by atoms with Crippen molar-refractivity contribution >= 4 is 5.91 Å². The standard InChI is InChI=1S/C13H18N6O/c1-10(14-8-13(20)18(2)3)11-5-4-6-12(7-11)19-9-15-16-17-19/h4-7,9-10,14H,8H2,1-3H3. The Labute approximate surface area is 117 Å². The molecule has 0 fully saturated rings. The zero-order chi connectivity index (χ0) is 14.5. The van der Waals surface area contributed by atoms with Crippen molar-refractivity contribution < 1.29 is 4.79 Å².